The first-order valence-corrected chi connectivity index (χ1v) is 11.3. The summed E-state index contributed by atoms with van der Waals surface area (Å²) in [5, 5.41) is 12.5. The second-order valence-corrected chi connectivity index (χ2v) is 8.04. The third-order valence-corrected chi connectivity index (χ3v) is 5.81. The number of nitrogens with zero attached hydrogens (tertiary/aromatic N) is 2. The summed E-state index contributed by atoms with van der Waals surface area (Å²) in [6, 6.07) is 18.2. The fourth-order valence-corrected chi connectivity index (χ4v) is 3.97. The second kappa shape index (κ2) is 13.8. The SMILES string of the molecule is CN=C(NCCc1cccc(C(=O)NC)c1)NCc1csc(CCc2ccccc2)n1.I. The third kappa shape index (κ3) is 8.23. The van der Waals surface area contributed by atoms with Crippen LogP contribution in [0.4, 0.5) is 0 Å². The molecule has 1 aromatic heterocycles. The van der Waals surface area contributed by atoms with Crippen molar-refractivity contribution < 1.29 is 4.79 Å². The van der Waals surface area contributed by atoms with Crippen molar-refractivity contribution in [3.8, 4) is 0 Å². The van der Waals surface area contributed by atoms with E-state index in [1.807, 2.05) is 30.3 Å². The zero-order valence-electron chi connectivity index (χ0n) is 18.4. The van der Waals surface area contributed by atoms with E-state index < -0.39 is 0 Å². The minimum Gasteiger partial charge on any atom is -0.356 e. The molecule has 0 unspecified atom stereocenters. The Morgan fingerprint density at radius 3 is 2.53 bits per heavy atom. The molecule has 6 nitrogen and oxygen atoms in total. The van der Waals surface area contributed by atoms with Crippen LogP contribution in [0.3, 0.4) is 0 Å². The molecule has 0 aliphatic carbocycles. The van der Waals surface area contributed by atoms with Crippen molar-refractivity contribution in [2.75, 3.05) is 20.6 Å². The van der Waals surface area contributed by atoms with Crippen molar-refractivity contribution in [2.24, 2.45) is 4.99 Å². The molecule has 0 saturated heterocycles. The number of hydrogen-bond donors (Lipinski definition) is 3. The molecule has 0 aliphatic heterocycles. The quantitative estimate of drug-likeness (QED) is 0.210. The average Bonchev–Trinajstić information content (AvgIpc) is 3.28. The van der Waals surface area contributed by atoms with Gasteiger partial charge in [0.25, 0.3) is 5.91 Å². The number of benzene rings is 2. The largest absolute Gasteiger partial charge is 0.356 e. The van der Waals surface area contributed by atoms with Crippen LogP contribution in [-0.4, -0.2) is 37.5 Å². The van der Waals surface area contributed by atoms with Crippen LogP contribution in [-0.2, 0) is 25.8 Å². The van der Waals surface area contributed by atoms with Gasteiger partial charge in [-0.25, -0.2) is 4.98 Å². The van der Waals surface area contributed by atoms with Gasteiger partial charge in [0.1, 0.15) is 0 Å². The van der Waals surface area contributed by atoms with Crippen molar-refractivity contribution >= 4 is 47.2 Å². The summed E-state index contributed by atoms with van der Waals surface area (Å²) in [6.45, 7) is 1.35. The number of aromatic nitrogens is 1. The molecule has 0 radical (unpaired) electrons. The van der Waals surface area contributed by atoms with E-state index in [0.717, 1.165) is 48.0 Å². The lowest BCUT2D eigenvalue weighted by molar-refractivity contribution is 0.0963. The van der Waals surface area contributed by atoms with Gasteiger partial charge in [0.05, 0.1) is 17.2 Å². The summed E-state index contributed by atoms with van der Waals surface area (Å²) in [6.07, 6.45) is 2.76. The third-order valence-electron chi connectivity index (χ3n) is 4.85. The number of halogens is 1. The summed E-state index contributed by atoms with van der Waals surface area (Å²) >= 11 is 1.70. The molecule has 3 N–H and O–H groups in total. The lowest BCUT2D eigenvalue weighted by Crippen LogP contribution is -2.37. The van der Waals surface area contributed by atoms with Gasteiger partial charge in [-0.3, -0.25) is 9.79 Å². The van der Waals surface area contributed by atoms with Gasteiger partial charge in [-0.1, -0.05) is 42.5 Å². The second-order valence-electron chi connectivity index (χ2n) is 7.10. The van der Waals surface area contributed by atoms with Crippen LogP contribution in [0.1, 0.15) is 32.2 Å². The van der Waals surface area contributed by atoms with Gasteiger partial charge in [-0.15, -0.1) is 35.3 Å². The molecule has 0 atom stereocenters. The van der Waals surface area contributed by atoms with Crippen molar-refractivity contribution in [3.05, 3.63) is 87.4 Å². The van der Waals surface area contributed by atoms with Crippen molar-refractivity contribution in [1.82, 2.24) is 20.9 Å². The molecule has 0 fully saturated rings. The number of aryl methyl sites for hydroxylation is 2. The lowest BCUT2D eigenvalue weighted by atomic mass is 10.1. The van der Waals surface area contributed by atoms with Gasteiger partial charge in [-0.2, -0.15) is 0 Å². The lowest BCUT2D eigenvalue weighted by Gasteiger charge is -2.11. The van der Waals surface area contributed by atoms with Gasteiger partial charge < -0.3 is 16.0 Å². The summed E-state index contributed by atoms with van der Waals surface area (Å²) in [4.78, 5) is 20.8. The number of thiazole rings is 1. The van der Waals surface area contributed by atoms with Crippen LogP contribution in [0.5, 0.6) is 0 Å². The Morgan fingerprint density at radius 1 is 1.00 bits per heavy atom. The highest BCUT2D eigenvalue weighted by molar-refractivity contribution is 14.0. The maximum atomic E-state index is 11.8. The molecule has 1 amide bonds. The Labute approximate surface area is 211 Å². The zero-order chi connectivity index (χ0) is 21.9. The number of guanidine groups is 1. The van der Waals surface area contributed by atoms with E-state index in [9.17, 15) is 4.79 Å². The van der Waals surface area contributed by atoms with Gasteiger partial charge in [-0.05, 0) is 36.1 Å². The van der Waals surface area contributed by atoms with Crippen molar-refractivity contribution in [3.63, 3.8) is 0 Å². The zero-order valence-corrected chi connectivity index (χ0v) is 21.6. The van der Waals surface area contributed by atoms with Crippen LogP contribution < -0.4 is 16.0 Å². The van der Waals surface area contributed by atoms with Crippen LogP contribution >= 0.6 is 35.3 Å². The number of amides is 1. The number of rotatable bonds is 9. The van der Waals surface area contributed by atoms with E-state index in [1.54, 1.807) is 25.4 Å². The normalized spacial score (nSPS) is 10.9. The highest BCUT2D eigenvalue weighted by Crippen LogP contribution is 2.13. The molecule has 8 heteroatoms. The first-order chi connectivity index (χ1) is 15.2. The number of carbonyl (C=O) groups excluding carboxylic acids is 1. The van der Waals surface area contributed by atoms with Crippen molar-refractivity contribution in [2.45, 2.75) is 25.8 Å². The van der Waals surface area contributed by atoms with Crippen LogP contribution in [0, 0.1) is 0 Å². The first-order valence-electron chi connectivity index (χ1n) is 10.4. The fraction of sp³-hybridized carbons (Fsp3) is 0.292. The molecule has 3 aromatic rings. The van der Waals surface area contributed by atoms with Crippen LogP contribution in [0.15, 0.2) is 65.0 Å². The molecule has 2 aromatic carbocycles. The molecular formula is C24H30IN5OS. The van der Waals surface area contributed by atoms with Crippen LogP contribution in [0.2, 0.25) is 0 Å². The Hall–Kier alpha value is -2.46. The smallest absolute Gasteiger partial charge is 0.251 e. The van der Waals surface area contributed by atoms with Gasteiger partial charge in [0, 0.05) is 38.0 Å². The molecule has 170 valence electrons. The monoisotopic (exact) mass is 563 g/mol. The van der Waals surface area contributed by atoms with Gasteiger partial charge >= 0.3 is 0 Å². The Bertz CT molecular complexity index is 1010. The molecule has 0 aliphatic rings. The van der Waals surface area contributed by atoms with Gasteiger partial charge in [0.15, 0.2) is 5.96 Å². The van der Waals surface area contributed by atoms with E-state index in [2.05, 4.69) is 50.6 Å². The molecular weight excluding hydrogens is 533 g/mol. The molecule has 32 heavy (non-hydrogen) atoms. The molecule has 3 rings (SSSR count). The summed E-state index contributed by atoms with van der Waals surface area (Å²) in [7, 11) is 3.40. The van der Waals surface area contributed by atoms with Gasteiger partial charge in [0.2, 0.25) is 0 Å². The number of hydrogen-bond acceptors (Lipinski definition) is 4. The average molecular weight is 564 g/mol. The molecule has 0 saturated carbocycles. The number of aliphatic imine (C=N–C) groups is 1. The predicted octanol–water partition coefficient (Wildman–Crippen LogP) is 3.81. The Kier molecular flexibility index (Phi) is 11.2. The molecule has 0 bridgehead atoms. The van der Waals surface area contributed by atoms with E-state index in [-0.39, 0.29) is 29.9 Å². The number of carbonyl (C=O) groups is 1. The molecule has 0 spiro atoms. The summed E-state index contributed by atoms with van der Waals surface area (Å²) < 4.78 is 0. The summed E-state index contributed by atoms with van der Waals surface area (Å²) in [5.41, 5.74) is 4.14. The van der Waals surface area contributed by atoms with E-state index in [1.165, 1.54) is 5.56 Å². The minimum atomic E-state index is -0.0707. The topological polar surface area (TPSA) is 78.4 Å². The van der Waals surface area contributed by atoms with E-state index >= 15 is 0 Å². The minimum absolute atomic E-state index is 0. The highest BCUT2D eigenvalue weighted by Gasteiger charge is 2.06. The maximum absolute atomic E-state index is 11.8. The first kappa shape index (κ1) is 25.8. The van der Waals surface area contributed by atoms with Crippen LogP contribution in [0.25, 0.3) is 0 Å². The Balaban J connectivity index is 0.00000363. The van der Waals surface area contributed by atoms with E-state index in [0.29, 0.717) is 12.1 Å². The maximum Gasteiger partial charge on any atom is 0.251 e. The standard InChI is InChI=1S/C24H29N5OS.HI/c1-25-23(30)20-10-6-9-19(15-20)13-14-27-24(26-2)28-16-21-17-31-22(29-21)12-11-18-7-4-3-5-8-18;/h3-10,15,17H,11-14,16H2,1-2H3,(H,25,30)(H2,26,27,28);1H. The highest BCUT2D eigenvalue weighted by atomic mass is 127. The van der Waals surface area contributed by atoms with Crippen molar-refractivity contribution in [1.29, 1.82) is 0 Å². The summed E-state index contributed by atoms with van der Waals surface area (Å²) in [5.74, 6) is 0.667. The fourth-order valence-electron chi connectivity index (χ4n) is 3.17. The Morgan fingerprint density at radius 2 is 1.78 bits per heavy atom. The number of nitrogens with one attached hydrogen (secondary N) is 3. The molecule has 1 heterocycles. The van der Waals surface area contributed by atoms with E-state index in [4.69, 9.17) is 4.98 Å². The predicted molar refractivity (Wildman–Crippen MR) is 143 cm³/mol.